The molecular formula is C22H25NO3S. The number of aliphatic carboxylic acids is 1. The number of carboxylic acid groups (broad SMARTS) is 1. The molecule has 27 heavy (non-hydrogen) atoms. The van der Waals surface area contributed by atoms with E-state index in [2.05, 4.69) is 28.5 Å². The largest absolute Gasteiger partial charge is 0.487 e. The molecule has 1 aromatic heterocycles. The second-order valence-electron chi connectivity index (χ2n) is 7.23. The van der Waals surface area contributed by atoms with Gasteiger partial charge in [-0.2, -0.15) is 0 Å². The summed E-state index contributed by atoms with van der Waals surface area (Å²) in [5.41, 5.74) is 4.63. The lowest BCUT2D eigenvalue weighted by atomic mass is 9.94. The maximum Gasteiger partial charge on any atom is 0.303 e. The van der Waals surface area contributed by atoms with Gasteiger partial charge in [-0.15, -0.1) is 11.3 Å². The number of rotatable bonds is 6. The number of thiophene rings is 1. The number of hydrogen-bond donors (Lipinski definition) is 1. The van der Waals surface area contributed by atoms with Gasteiger partial charge in [-0.05, 0) is 79.1 Å². The summed E-state index contributed by atoms with van der Waals surface area (Å²) in [5.74, 6) is 0.132. The van der Waals surface area contributed by atoms with Crippen LogP contribution in [0, 0.1) is 0 Å². The summed E-state index contributed by atoms with van der Waals surface area (Å²) in [6.45, 7) is 4.12. The highest BCUT2D eigenvalue weighted by Crippen LogP contribution is 2.39. The highest BCUT2D eigenvalue weighted by atomic mass is 32.1. The summed E-state index contributed by atoms with van der Waals surface area (Å²) in [5, 5.41) is 11.1. The van der Waals surface area contributed by atoms with Crippen molar-refractivity contribution in [1.82, 2.24) is 4.90 Å². The molecule has 0 amide bonds. The number of carboxylic acids is 1. The molecule has 1 aromatic carbocycles. The van der Waals surface area contributed by atoms with E-state index in [-0.39, 0.29) is 6.42 Å². The van der Waals surface area contributed by atoms with Crippen molar-refractivity contribution in [3.63, 3.8) is 0 Å². The molecular weight excluding hydrogens is 358 g/mol. The van der Waals surface area contributed by atoms with E-state index < -0.39 is 5.97 Å². The SMILES string of the molecule is O=C(O)CCc1ccc2c(c1)/C(=C/CCN1CCCC1)c1ccsc1CO2. The van der Waals surface area contributed by atoms with Gasteiger partial charge in [0.1, 0.15) is 12.4 Å². The molecule has 1 N–H and O–H groups in total. The molecule has 4 rings (SSSR count). The third-order valence-corrected chi connectivity index (χ3v) is 6.24. The van der Waals surface area contributed by atoms with Crippen LogP contribution in [0.2, 0.25) is 0 Å². The second-order valence-corrected chi connectivity index (χ2v) is 8.23. The molecule has 0 unspecified atom stereocenters. The van der Waals surface area contributed by atoms with Crippen molar-refractivity contribution in [3.8, 4) is 5.75 Å². The number of fused-ring (bicyclic) bond motifs is 2. The molecule has 0 bridgehead atoms. The first-order chi connectivity index (χ1) is 13.2. The van der Waals surface area contributed by atoms with Crippen LogP contribution in [0.25, 0.3) is 5.57 Å². The fourth-order valence-electron chi connectivity index (χ4n) is 3.92. The van der Waals surface area contributed by atoms with Crippen molar-refractivity contribution in [2.24, 2.45) is 0 Å². The van der Waals surface area contributed by atoms with Crippen LogP contribution in [0.3, 0.4) is 0 Å². The Balaban J connectivity index is 1.64. The highest BCUT2D eigenvalue weighted by molar-refractivity contribution is 7.10. The Hall–Kier alpha value is -2.11. The maximum atomic E-state index is 10.9. The maximum absolute atomic E-state index is 10.9. The summed E-state index contributed by atoms with van der Waals surface area (Å²) in [6.07, 6.45) is 6.68. The van der Waals surface area contributed by atoms with Gasteiger partial charge in [0.25, 0.3) is 0 Å². The van der Waals surface area contributed by atoms with Crippen molar-refractivity contribution in [1.29, 1.82) is 0 Å². The Morgan fingerprint density at radius 3 is 2.89 bits per heavy atom. The third kappa shape index (κ3) is 4.25. The molecule has 0 radical (unpaired) electrons. The van der Waals surface area contributed by atoms with Crippen LogP contribution in [-0.4, -0.2) is 35.6 Å². The quantitative estimate of drug-likeness (QED) is 0.793. The van der Waals surface area contributed by atoms with E-state index in [9.17, 15) is 4.79 Å². The lowest BCUT2D eigenvalue weighted by molar-refractivity contribution is -0.136. The average molecular weight is 384 g/mol. The third-order valence-electron chi connectivity index (χ3n) is 5.35. The fraction of sp³-hybridized carbons (Fsp3) is 0.409. The standard InChI is InChI=1S/C22H25NO3S/c24-22(25)8-6-16-5-7-20-19(14-16)17(4-3-12-23-10-1-2-11-23)18-9-13-27-21(18)15-26-20/h4-5,7,9,13-14H,1-3,6,8,10-12,15H2,(H,24,25)/b17-4+. The van der Waals surface area contributed by atoms with Crippen molar-refractivity contribution >= 4 is 22.9 Å². The zero-order valence-corrected chi connectivity index (χ0v) is 16.3. The smallest absolute Gasteiger partial charge is 0.303 e. The summed E-state index contributed by atoms with van der Waals surface area (Å²) in [4.78, 5) is 14.7. The number of hydrogen-bond acceptors (Lipinski definition) is 4. The number of ether oxygens (including phenoxy) is 1. The minimum absolute atomic E-state index is 0.150. The Bertz CT molecular complexity index is 849. The number of carbonyl (C=O) groups is 1. The lowest BCUT2D eigenvalue weighted by Crippen LogP contribution is -2.19. The average Bonchev–Trinajstić information content (AvgIpc) is 3.32. The number of nitrogens with zero attached hydrogens (tertiary/aromatic N) is 1. The molecule has 3 heterocycles. The van der Waals surface area contributed by atoms with E-state index in [1.165, 1.54) is 41.9 Å². The summed E-state index contributed by atoms with van der Waals surface area (Å²) in [7, 11) is 0. The van der Waals surface area contributed by atoms with Gasteiger partial charge in [0.05, 0.1) is 0 Å². The summed E-state index contributed by atoms with van der Waals surface area (Å²) in [6, 6.07) is 8.29. The van der Waals surface area contributed by atoms with Crippen LogP contribution in [0.4, 0.5) is 0 Å². The molecule has 5 heteroatoms. The normalized spacial score (nSPS) is 18.0. The fourth-order valence-corrected chi connectivity index (χ4v) is 4.72. The highest BCUT2D eigenvalue weighted by Gasteiger charge is 2.21. The zero-order chi connectivity index (χ0) is 18.6. The first-order valence-electron chi connectivity index (χ1n) is 9.68. The predicted octanol–water partition coefficient (Wildman–Crippen LogP) is 4.58. The molecule has 1 fully saturated rings. The van der Waals surface area contributed by atoms with Crippen molar-refractivity contribution in [2.45, 2.75) is 38.7 Å². The van der Waals surface area contributed by atoms with E-state index in [0.717, 1.165) is 29.8 Å². The summed E-state index contributed by atoms with van der Waals surface area (Å²) >= 11 is 1.74. The molecule has 2 aromatic rings. The van der Waals surface area contributed by atoms with Crippen LogP contribution in [0.1, 0.15) is 47.3 Å². The topological polar surface area (TPSA) is 49.8 Å². The number of benzene rings is 1. The first kappa shape index (κ1) is 18.3. The van der Waals surface area contributed by atoms with Gasteiger partial charge >= 0.3 is 5.97 Å². The molecule has 1 saturated heterocycles. The van der Waals surface area contributed by atoms with Gasteiger partial charge in [0.15, 0.2) is 0 Å². The van der Waals surface area contributed by atoms with Gasteiger partial charge in [-0.3, -0.25) is 4.79 Å². The van der Waals surface area contributed by atoms with Crippen molar-refractivity contribution in [2.75, 3.05) is 19.6 Å². The Kier molecular flexibility index (Phi) is 5.60. The Morgan fingerprint density at radius 1 is 1.22 bits per heavy atom. The zero-order valence-electron chi connectivity index (χ0n) is 15.4. The molecule has 0 atom stereocenters. The van der Waals surface area contributed by atoms with Crippen molar-refractivity contribution < 1.29 is 14.6 Å². The van der Waals surface area contributed by atoms with E-state index in [0.29, 0.717) is 13.0 Å². The van der Waals surface area contributed by atoms with Crippen LogP contribution >= 0.6 is 11.3 Å². The minimum atomic E-state index is -0.761. The first-order valence-corrected chi connectivity index (χ1v) is 10.6. The molecule has 0 spiro atoms. The van der Waals surface area contributed by atoms with Gasteiger partial charge in [0, 0.05) is 23.4 Å². The molecule has 0 saturated carbocycles. The molecule has 142 valence electrons. The molecule has 2 aliphatic rings. The molecule has 4 nitrogen and oxygen atoms in total. The van der Waals surface area contributed by atoms with Crippen LogP contribution in [-0.2, 0) is 17.8 Å². The van der Waals surface area contributed by atoms with E-state index in [1.807, 2.05) is 12.1 Å². The number of aryl methyl sites for hydroxylation is 1. The summed E-state index contributed by atoms with van der Waals surface area (Å²) < 4.78 is 6.07. The van der Waals surface area contributed by atoms with Crippen LogP contribution in [0.15, 0.2) is 35.7 Å². The lowest BCUT2D eigenvalue weighted by Gasteiger charge is -2.14. The minimum Gasteiger partial charge on any atom is -0.487 e. The molecule has 2 aliphatic heterocycles. The Morgan fingerprint density at radius 2 is 2.07 bits per heavy atom. The predicted molar refractivity (Wildman–Crippen MR) is 108 cm³/mol. The monoisotopic (exact) mass is 383 g/mol. The van der Waals surface area contributed by atoms with Gasteiger partial charge < -0.3 is 14.7 Å². The Labute approximate surface area is 164 Å². The van der Waals surface area contributed by atoms with E-state index >= 15 is 0 Å². The second kappa shape index (κ2) is 8.28. The van der Waals surface area contributed by atoms with E-state index in [1.54, 1.807) is 11.3 Å². The van der Waals surface area contributed by atoms with E-state index in [4.69, 9.17) is 9.84 Å². The van der Waals surface area contributed by atoms with Gasteiger partial charge in [-0.1, -0.05) is 12.1 Å². The number of likely N-dealkylation sites (tertiary alicyclic amines) is 1. The van der Waals surface area contributed by atoms with Gasteiger partial charge in [-0.25, -0.2) is 0 Å². The van der Waals surface area contributed by atoms with Crippen LogP contribution in [0.5, 0.6) is 5.75 Å². The van der Waals surface area contributed by atoms with Gasteiger partial charge in [0.2, 0.25) is 0 Å². The van der Waals surface area contributed by atoms with Crippen LogP contribution < -0.4 is 4.74 Å². The molecule has 0 aliphatic carbocycles. The van der Waals surface area contributed by atoms with Crippen molar-refractivity contribution in [3.05, 3.63) is 57.3 Å².